The van der Waals surface area contributed by atoms with Crippen molar-refractivity contribution in [1.82, 2.24) is 4.90 Å². The molecule has 2 aromatic carbocycles. The number of fused-ring (bicyclic) bond motifs is 1. The molecule has 0 aromatic heterocycles. The van der Waals surface area contributed by atoms with E-state index in [1.54, 1.807) is 0 Å². The van der Waals surface area contributed by atoms with Gasteiger partial charge in [-0.3, -0.25) is 4.79 Å². The van der Waals surface area contributed by atoms with E-state index in [4.69, 9.17) is 0 Å². The summed E-state index contributed by atoms with van der Waals surface area (Å²) in [5, 5.41) is 3.03. The van der Waals surface area contributed by atoms with Gasteiger partial charge in [-0.2, -0.15) is 0 Å². The molecule has 0 radical (unpaired) electrons. The Balaban J connectivity index is 2.31. The molecule has 106 valence electrons. The summed E-state index contributed by atoms with van der Waals surface area (Å²) >= 11 is 6.87. The summed E-state index contributed by atoms with van der Waals surface area (Å²) in [7, 11) is 0. The summed E-state index contributed by atoms with van der Waals surface area (Å²) in [4.78, 5) is 14.4. The fourth-order valence-electron chi connectivity index (χ4n) is 2.22. The number of rotatable bonds is 5. The minimum absolute atomic E-state index is 0.108. The Bertz CT molecular complexity index is 606. The van der Waals surface area contributed by atoms with Crippen LogP contribution in [0.3, 0.4) is 0 Å². The van der Waals surface area contributed by atoms with Crippen LogP contribution in [0, 0.1) is 0 Å². The number of carbonyl (C=O) groups excluding carboxylic acids is 1. The molecule has 0 saturated heterocycles. The number of amides is 1. The Morgan fingerprint density at radius 1 is 1.10 bits per heavy atom. The molecule has 0 atom stereocenters. The lowest BCUT2D eigenvalue weighted by Gasteiger charge is -2.21. The van der Waals surface area contributed by atoms with Gasteiger partial charge >= 0.3 is 0 Å². The maximum absolute atomic E-state index is 12.5. The molecule has 0 heterocycles. The molecule has 0 bridgehead atoms. The molecule has 0 saturated carbocycles. The predicted molar refractivity (Wildman–Crippen MR) is 91.6 cm³/mol. The normalized spacial score (nSPS) is 10.8. The summed E-state index contributed by atoms with van der Waals surface area (Å²) in [6.07, 6.45) is 0.971. The summed E-state index contributed by atoms with van der Waals surface area (Å²) in [6, 6.07) is 12.0. The maximum atomic E-state index is 12.5. The molecule has 0 fully saturated rings. The summed E-state index contributed by atoms with van der Waals surface area (Å²) in [6.45, 7) is 3.63. The van der Waals surface area contributed by atoms with Crippen LogP contribution in [0.2, 0.25) is 0 Å². The van der Waals surface area contributed by atoms with Crippen molar-refractivity contribution >= 4 is 48.5 Å². The van der Waals surface area contributed by atoms with Crippen molar-refractivity contribution in [2.24, 2.45) is 0 Å². The Morgan fingerprint density at radius 3 is 2.50 bits per heavy atom. The molecule has 0 N–H and O–H groups in total. The summed E-state index contributed by atoms with van der Waals surface area (Å²) in [5.74, 6) is 0.108. The highest BCUT2D eigenvalue weighted by Gasteiger charge is 2.14. The smallest absolute Gasteiger partial charge is 0.253 e. The molecular weight excluding hydrogens is 382 g/mol. The van der Waals surface area contributed by atoms with Crippen molar-refractivity contribution < 1.29 is 4.79 Å². The van der Waals surface area contributed by atoms with Gasteiger partial charge in [0.15, 0.2) is 0 Å². The number of hydrogen-bond donors (Lipinski definition) is 0. The number of nitrogens with zero attached hydrogens (tertiary/aromatic N) is 1. The first-order valence-electron chi connectivity index (χ1n) is 6.70. The molecule has 0 aliphatic heterocycles. The van der Waals surface area contributed by atoms with Crippen molar-refractivity contribution in [3.05, 3.63) is 46.4 Å². The third-order valence-corrected chi connectivity index (χ3v) is 4.03. The second-order valence-electron chi connectivity index (χ2n) is 4.69. The molecule has 0 aliphatic rings. The molecule has 4 heteroatoms. The van der Waals surface area contributed by atoms with Crippen LogP contribution < -0.4 is 0 Å². The third-order valence-electron chi connectivity index (χ3n) is 3.18. The van der Waals surface area contributed by atoms with Crippen molar-refractivity contribution in [1.29, 1.82) is 0 Å². The van der Waals surface area contributed by atoms with Crippen LogP contribution in [0.5, 0.6) is 0 Å². The monoisotopic (exact) mass is 397 g/mol. The van der Waals surface area contributed by atoms with Gasteiger partial charge in [-0.05, 0) is 41.5 Å². The lowest BCUT2D eigenvalue weighted by molar-refractivity contribution is 0.0766. The molecule has 2 aromatic rings. The van der Waals surface area contributed by atoms with Crippen LogP contribution in [-0.4, -0.2) is 29.2 Å². The zero-order valence-corrected chi connectivity index (χ0v) is 14.6. The zero-order chi connectivity index (χ0) is 14.5. The first kappa shape index (κ1) is 15.5. The molecular formula is C16H17Br2NO. The number of halogens is 2. The lowest BCUT2D eigenvalue weighted by Crippen LogP contribution is -2.33. The lowest BCUT2D eigenvalue weighted by atomic mass is 10.1. The highest BCUT2D eigenvalue weighted by Crippen LogP contribution is 2.21. The van der Waals surface area contributed by atoms with Crippen LogP contribution in [-0.2, 0) is 0 Å². The first-order chi connectivity index (χ1) is 9.65. The molecule has 1 amide bonds. The largest absolute Gasteiger partial charge is 0.338 e. The number of hydrogen-bond acceptors (Lipinski definition) is 1. The van der Waals surface area contributed by atoms with Crippen LogP contribution in [0.1, 0.15) is 23.7 Å². The van der Waals surface area contributed by atoms with Crippen LogP contribution in [0.4, 0.5) is 0 Å². The van der Waals surface area contributed by atoms with Crippen LogP contribution >= 0.6 is 31.9 Å². The van der Waals surface area contributed by atoms with Gasteiger partial charge in [0.1, 0.15) is 0 Å². The Labute approximate surface area is 136 Å². The van der Waals surface area contributed by atoms with Crippen molar-refractivity contribution in [3.8, 4) is 0 Å². The number of carbonyl (C=O) groups is 1. The topological polar surface area (TPSA) is 20.3 Å². The van der Waals surface area contributed by atoms with E-state index in [2.05, 4.69) is 44.8 Å². The number of benzene rings is 2. The van der Waals surface area contributed by atoms with Gasteiger partial charge < -0.3 is 4.90 Å². The minimum Gasteiger partial charge on any atom is -0.338 e. The molecule has 0 aliphatic carbocycles. The predicted octanol–water partition coefficient (Wildman–Crippen LogP) is 4.85. The van der Waals surface area contributed by atoms with E-state index in [9.17, 15) is 4.79 Å². The fraction of sp³-hybridized carbons (Fsp3) is 0.312. The molecule has 0 spiro atoms. The van der Waals surface area contributed by atoms with E-state index in [0.29, 0.717) is 0 Å². The zero-order valence-electron chi connectivity index (χ0n) is 11.4. The van der Waals surface area contributed by atoms with Crippen molar-refractivity contribution in [2.45, 2.75) is 13.3 Å². The Hall–Kier alpha value is -0.870. The molecule has 2 rings (SSSR count). The van der Waals surface area contributed by atoms with Crippen molar-refractivity contribution in [2.75, 3.05) is 18.4 Å². The van der Waals surface area contributed by atoms with Gasteiger partial charge in [0.05, 0.1) is 0 Å². The highest BCUT2D eigenvalue weighted by molar-refractivity contribution is 9.10. The number of alkyl halides is 1. The van der Waals surface area contributed by atoms with E-state index in [1.807, 2.05) is 35.2 Å². The minimum atomic E-state index is 0.108. The summed E-state index contributed by atoms with van der Waals surface area (Å²) < 4.78 is 1.05. The van der Waals surface area contributed by atoms with E-state index in [-0.39, 0.29) is 5.91 Å². The van der Waals surface area contributed by atoms with Crippen molar-refractivity contribution in [3.63, 3.8) is 0 Å². The van der Waals surface area contributed by atoms with E-state index in [0.717, 1.165) is 45.6 Å². The Kier molecular flexibility index (Phi) is 5.61. The van der Waals surface area contributed by atoms with Crippen LogP contribution in [0.15, 0.2) is 40.9 Å². The van der Waals surface area contributed by atoms with Gasteiger partial charge in [0.25, 0.3) is 5.91 Å². The van der Waals surface area contributed by atoms with E-state index in [1.165, 1.54) is 0 Å². The quantitative estimate of drug-likeness (QED) is 0.659. The maximum Gasteiger partial charge on any atom is 0.253 e. The SMILES string of the molecule is CCCN(CCBr)C(=O)c1ccc2cc(Br)ccc2c1. The Morgan fingerprint density at radius 2 is 1.80 bits per heavy atom. The van der Waals surface area contributed by atoms with Gasteiger partial charge in [-0.15, -0.1) is 0 Å². The highest BCUT2D eigenvalue weighted by atomic mass is 79.9. The fourth-order valence-corrected chi connectivity index (χ4v) is 3.03. The first-order valence-corrected chi connectivity index (χ1v) is 8.61. The molecule has 2 nitrogen and oxygen atoms in total. The van der Waals surface area contributed by atoms with Gasteiger partial charge in [0, 0.05) is 28.5 Å². The van der Waals surface area contributed by atoms with Crippen LogP contribution in [0.25, 0.3) is 10.8 Å². The standard InChI is InChI=1S/C16H17Br2NO/c1-2-8-19(9-7-17)16(20)14-4-3-13-11-15(18)6-5-12(13)10-14/h3-6,10-11H,2,7-9H2,1H3. The van der Waals surface area contributed by atoms with Gasteiger partial charge in [0.2, 0.25) is 0 Å². The average Bonchev–Trinajstić information content (AvgIpc) is 2.45. The van der Waals surface area contributed by atoms with Gasteiger partial charge in [-0.25, -0.2) is 0 Å². The second-order valence-corrected chi connectivity index (χ2v) is 6.40. The molecule has 20 heavy (non-hydrogen) atoms. The third kappa shape index (κ3) is 3.61. The molecule has 0 unspecified atom stereocenters. The second kappa shape index (κ2) is 7.23. The van der Waals surface area contributed by atoms with E-state index >= 15 is 0 Å². The average molecular weight is 399 g/mol. The summed E-state index contributed by atoms with van der Waals surface area (Å²) in [5.41, 5.74) is 0.759. The van der Waals surface area contributed by atoms with E-state index < -0.39 is 0 Å². The van der Waals surface area contributed by atoms with Gasteiger partial charge in [-0.1, -0.05) is 50.9 Å².